The summed E-state index contributed by atoms with van der Waals surface area (Å²) >= 11 is 0. The van der Waals surface area contributed by atoms with E-state index < -0.39 is 0 Å². The zero-order valence-electron chi connectivity index (χ0n) is 10.1. The average molecular weight is 198 g/mol. The van der Waals surface area contributed by atoms with Gasteiger partial charge in [-0.2, -0.15) is 0 Å². The molecule has 0 aromatic heterocycles. The molecule has 1 aliphatic rings. The lowest BCUT2D eigenvalue weighted by Gasteiger charge is -2.34. The highest BCUT2D eigenvalue weighted by Crippen LogP contribution is 2.11. The molecule has 2 atom stereocenters. The quantitative estimate of drug-likeness (QED) is 0.729. The van der Waals surface area contributed by atoms with Gasteiger partial charge in [-0.25, -0.2) is 0 Å². The van der Waals surface area contributed by atoms with Crippen LogP contribution in [0.5, 0.6) is 0 Å². The van der Waals surface area contributed by atoms with Crippen LogP contribution in [-0.2, 0) is 0 Å². The summed E-state index contributed by atoms with van der Waals surface area (Å²) in [4.78, 5) is 2.56. The summed E-state index contributed by atoms with van der Waals surface area (Å²) in [6.07, 6.45) is 5.33. The predicted molar refractivity (Wildman–Crippen MR) is 62.6 cm³/mol. The van der Waals surface area contributed by atoms with Crippen molar-refractivity contribution in [2.75, 3.05) is 19.6 Å². The third-order valence-electron chi connectivity index (χ3n) is 3.19. The van der Waals surface area contributed by atoms with E-state index in [-0.39, 0.29) is 0 Å². The van der Waals surface area contributed by atoms with Gasteiger partial charge in [0.2, 0.25) is 0 Å². The SMILES string of the molecule is CCCC(C)NC1CCCN(CC)C1. The van der Waals surface area contributed by atoms with Crippen LogP contribution in [0.3, 0.4) is 0 Å². The van der Waals surface area contributed by atoms with E-state index in [9.17, 15) is 0 Å². The maximum Gasteiger partial charge on any atom is 0.0197 e. The Balaban J connectivity index is 2.22. The van der Waals surface area contributed by atoms with Crippen molar-refractivity contribution >= 4 is 0 Å². The van der Waals surface area contributed by atoms with Crippen molar-refractivity contribution < 1.29 is 0 Å². The molecule has 0 bridgehead atoms. The van der Waals surface area contributed by atoms with Crippen LogP contribution in [0.2, 0.25) is 0 Å². The Hall–Kier alpha value is -0.0800. The first-order valence-electron chi connectivity index (χ1n) is 6.24. The standard InChI is InChI=1S/C12H26N2/c1-4-7-11(3)13-12-8-6-9-14(5-2)10-12/h11-13H,4-10H2,1-3H3. The average Bonchev–Trinajstić information content (AvgIpc) is 2.18. The lowest BCUT2D eigenvalue weighted by atomic mass is 10.0. The van der Waals surface area contributed by atoms with Crippen LogP contribution in [-0.4, -0.2) is 36.6 Å². The highest BCUT2D eigenvalue weighted by Gasteiger charge is 2.19. The molecule has 1 fully saturated rings. The summed E-state index contributed by atoms with van der Waals surface area (Å²) in [7, 11) is 0. The van der Waals surface area contributed by atoms with Crippen LogP contribution in [0.4, 0.5) is 0 Å². The molecular formula is C12H26N2. The molecule has 0 amide bonds. The summed E-state index contributed by atoms with van der Waals surface area (Å²) in [5.41, 5.74) is 0. The smallest absolute Gasteiger partial charge is 0.0197 e. The van der Waals surface area contributed by atoms with Crippen molar-refractivity contribution in [2.24, 2.45) is 0 Å². The largest absolute Gasteiger partial charge is 0.310 e. The molecule has 1 aliphatic heterocycles. The molecule has 14 heavy (non-hydrogen) atoms. The van der Waals surface area contributed by atoms with Crippen molar-refractivity contribution in [1.82, 2.24) is 10.2 Å². The van der Waals surface area contributed by atoms with E-state index in [4.69, 9.17) is 0 Å². The number of likely N-dealkylation sites (N-methyl/N-ethyl adjacent to an activating group) is 1. The molecule has 0 aromatic carbocycles. The number of piperidine rings is 1. The lowest BCUT2D eigenvalue weighted by molar-refractivity contribution is 0.190. The monoisotopic (exact) mass is 198 g/mol. The van der Waals surface area contributed by atoms with Crippen LogP contribution in [0, 0.1) is 0 Å². The molecule has 1 saturated heterocycles. The van der Waals surface area contributed by atoms with Gasteiger partial charge in [0.25, 0.3) is 0 Å². The van der Waals surface area contributed by atoms with E-state index in [0.29, 0.717) is 6.04 Å². The lowest BCUT2D eigenvalue weighted by Crippen LogP contribution is -2.48. The second kappa shape index (κ2) is 6.41. The number of nitrogens with zero attached hydrogens (tertiary/aromatic N) is 1. The van der Waals surface area contributed by atoms with Crippen molar-refractivity contribution in [3.8, 4) is 0 Å². The van der Waals surface area contributed by atoms with Gasteiger partial charge in [-0.05, 0) is 39.3 Å². The van der Waals surface area contributed by atoms with Gasteiger partial charge in [0.1, 0.15) is 0 Å². The highest BCUT2D eigenvalue weighted by molar-refractivity contribution is 4.79. The van der Waals surface area contributed by atoms with Crippen molar-refractivity contribution in [1.29, 1.82) is 0 Å². The Bertz CT molecular complexity index is 147. The number of hydrogen-bond donors (Lipinski definition) is 1. The van der Waals surface area contributed by atoms with E-state index in [2.05, 4.69) is 31.0 Å². The topological polar surface area (TPSA) is 15.3 Å². The molecule has 0 saturated carbocycles. The van der Waals surface area contributed by atoms with Crippen molar-refractivity contribution in [2.45, 2.75) is 58.5 Å². The summed E-state index contributed by atoms with van der Waals surface area (Å²) in [5, 5.41) is 3.74. The number of hydrogen-bond acceptors (Lipinski definition) is 2. The van der Waals surface area contributed by atoms with Gasteiger partial charge in [0, 0.05) is 18.6 Å². The molecule has 0 aromatic rings. The van der Waals surface area contributed by atoms with E-state index in [1.165, 1.54) is 45.3 Å². The molecule has 0 spiro atoms. The highest BCUT2D eigenvalue weighted by atomic mass is 15.2. The fourth-order valence-electron chi connectivity index (χ4n) is 2.40. The first-order valence-corrected chi connectivity index (χ1v) is 6.24. The minimum atomic E-state index is 0.696. The molecule has 0 radical (unpaired) electrons. The maximum absolute atomic E-state index is 3.74. The van der Waals surface area contributed by atoms with Crippen LogP contribution in [0.1, 0.15) is 46.5 Å². The summed E-state index contributed by atoms with van der Waals surface area (Å²) in [6.45, 7) is 10.6. The first-order chi connectivity index (χ1) is 6.76. The van der Waals surface area contributed by atoms with Crippen LogP contribution < -0.4 is 5.32 Å². The van der Waals surface area contributed by atoms with Gasteiger partial charge in [-0.1, -0.05) is 20.3 Å². The summed E-state index contributed by atoms with van der Waals surface area (Å²) < 4.78 is 0. The Kier molecular flexibility index (Phi) is 5.49. The molecule has 2 unspecified atom stereocenters. The fourth-order valence-corrected chi connectivity index (χ4v) is 2.40. The molecule has 0 aliphatic carbocycles. The first kappa shape index (κ1) is 12.0. The third kappa shape index (κ3) is 3.97. The Labute approximate surface area is 89.1 Å². The number of likely N-dealkylation sites (tertiary alicyclic amines) is 1. The predicted octanol–water partition coefficient (Wildman–Crippen LogP) is 2.25. The Morgan fingerprint density at radius 1 is 1.43 bits per heavy atom. The number of nitrogens with one attached hydrogen (secondary N) is 1. The van der Waals surface area contributed by atoms with E-state index >= 15 is 0 Å². The van der Waals surface area contributed by atoms with Crippen molar-refractivity contribution in [3.05, 3.63) is 0 Å². The van der Waals surface area contributed by atoms with E-state index in [1.54, 1.807) is 0 Å². The minimum absolute atomic E-state index is 0.696. The van der Waals surface area contributed by atoms with Crippen LogP contribution >= 0.6 is 0 Å². The molecule has 1 heterocycles. The van der Waals surface area contributed by atoms with Gasteiger partial charge in [-0.3, -0.25) is 0 Å². The van der Waals surface area contributed by atoms with Gasteiger partial charge >= 0.3 is 0 Å². The normalized spacial score (nSPS) is 26.4. The van der Waals surface area contributed by atoms with Gasteiger partial charge in [0.15, 0.2) is 0 Å². The molecule has 84 valence electrons. The van der Waals surface area contributed by atoms with Gasteiger partial charge in [-0.15, -0.1) is 0 Å². The van der Waals surface area contributed by atoms with Crippen LogP contribution in [0.25, 0.3) is 0 Å². The van der Waals surface area contributed by atoms with E-state index in [1.807, 2.05) is 0 Å². The third-order valence-corrected chi connectivity index (χ3v) is 3.19. The summed E-state index contributed by atoms with van der Waals surface area (Å²) in [6, 6.07) is 1.44. The maximum atomic E-state index is 3.74. The van der Waals surface area contributed by atoms with Gasteiger partial charge < -0.3 is 10.2 Å². The molecule has 1 rings (SSSR count). The Morgan fingerprint density at radius 3 is 2.86 bits per heavy atom. The van der Waals surface area contributed by atoms with E-state index in [0.717, 1.165) is 6.04 Å². The second-order valence-electron chi connectivity index (χ2n) is 4.59. The second-order valence-corrected chi connectivity index (χ2v) is 4.59. The Morgan fingerprint density at radius 2 is 2.21 bits per heavy atom. The number of rotatable bonds is 5. The molecular weight excluding hydrogens is 172 g/mol. The fraction of sp³-hybridized carbons (Fsp3) is 1.00. The van der Waals surface area contributed by atoms with Gasteiger partial charge in [0.05, 0.1) is 0 Å². The minimum Gasteiger partial charge on any atom is -0.310 e. The molecule has 2 heteroatoms. The zero-order chi connectivity index (χ0) is 10.4. The zero-order valence-corrected chi connectivity index (χ0v) is 10.1. The van der Waals surface area contributed by atoms with Crippen LogP contribution in [0.15, 0.2) is 0 Å². The van der Waals surface area contributed by atoms with Crippen molar-refractivity contribution in [3.63, 3.8) is 0 Å². The molecule has 2 nitrogen and oxygen atoms in total. The molecule has 1 N–H and O–H groups in total. The summed E-state index contributed by atoms with van der Waals surface area (Å²) in [5.74, 6) is 0.